The van der Waals surface area contributed by atoms with Crippen LogP contribution in [0.4, 0.5) is 8.78 Å². The summed E-state index contributed by atoms with van der Waals surface area (Å²) >= 11 is 0. The van der Waals surface area contributed by atoms with E-state index in [1.54, 1.807) is 0 Å². The zero-order valence-corrected chi connectivity index (χ0v) is 14.7. The number of nitrogens with zero attached hydrogens (tertiary/aromatic N) is 3. The van der Waals surface area contributed by atoms with E-state index in [-0.39, 0.29) is 34.9 Å². The van der Waals surface area contributed by atoms with E-state index in [4.69, 9.17) is 8.94 Å². The molecule has 1 atom stereocenters. The molecule has 8 nitrogen and oxygen atoms in total. The zero-order chi connectivity index (χ0) is 19.8. The summed E-state index contributed by atoms with van der Waals surface area (Å²) < 4.78 is 36.8. The molecule has 2 N–H and O–H groups in total. The van der Waals surface area contributed by atoms with E-state index in [1.165, 1.54) is 19.1 Å². The van der Waals surface area contributed by atoms with Crippen LogP contribution < -0.4 is 5.32 Å². The molecule has 28 heavy (non-hydrogen) atoms. The molecule has 2 heterocycles. The van der Waals surface area contributed by atoms with Gasteiger partial charge in [-0.2, -0.15) is 0 Å². The third-order valence-corrected chi connectivity index (χ3v) is 4.58. The molecule has 0 radical (unpaired) electrons. The Morgan fingerprint density at radius 3 is 2.71 bits per heavy atom. The monoisotopic (exact) mass is 390 g/mol. The van der Waals surface area contributed by atoms with Crippen molar-refractivity contribution in [3.05, 3.63) is 53.4 Å². The molecular formula is C18H16F2N4O4. The van der Waals surface area contributed by atoms with Crippen molar-refractivity contribution < 1.29 is 27.6 Å². The molecular weight excluding hydrogens is 374 g/mol. The first kappa shape index (κ1) is 18.2. The molecule has 146 valence electrons. The average molecular weight is 390 g/mol. The van der Waals surface area contributed by atoms with Crippen LogP contribution in [-0.4, -0.2) is 32.4 Å². The van der Waals surface area contributed by atoms with Crippen LogP contribution in [0.25, 0.3) is 11.3 Å². The second kappa shape index (κ2) is 7.12. The van der Waals surface area contributed by atoms with Gasteiger partial charge in [-0.05, 0) is 38.0 Å². The third-order valence-electron chi connectivity index (χ3n) is 4.58. The van der Waals surface area contributed by atoms with Crippen LogP contribution in [0, 0.1) is 11.6 Å². The predicted molar refractivity (Wildman–Crippen MR) is 90.0 cm³/mol. The Balaban J connectivity index is 1.35. The molecule has 1 fully saturated rings. The molecule has 0 spiro atoms. The Morgan fingerprint density at radius 2 is 2.04 bits per heavy atom. The number of benzene rings is 1. The minimum absolute atomic E-state index is 0.0142. The molecule has 10 heteroatoms. The van der Waals surface area contributed by atoms with Crippen molar-refractivity contribution in [1.29, 1.82) is 0 Å². The van der Waals surface area contributed by atoms with Crippen LogP contribution in [0.3, 0.4) is 0 Å². The van der Waals surface area contributed by atoms with Gasteiger partial charge in [0.1, 0.15) is 6.10 Å². The maximum absolute atomic E-state index is 13.3. The standard InChI is InChI=1S/C18H16F2N4O4/c1-8(25)17-22-23-18(27-17)10-4-11(5-10)21-16(26)14-7-15(28-24-14)9-2-3-12(19)13(20)6-9/h2-3,6-8,10-11,25H,4-5H2,1H3,(H,21,26)/t8-,10-,11-/m1/s1. The van der Waals surface area contributed by atoms with Crippen molar-refractivity contribution in [2.24, 2.45) is 0 Å². The second-order valence-corrected chi connectivity index (χ2v) is 6.70. The summed E-state index contributed by atoms with van der Waals surface area (Å²) in [6, 6.07) is 4.55. The van der Waals surface area contributed by atoms with E-state index in [0.717, 1.165) is 12.1 Å². The molecule has 2 aromatic heterocycles. The van der Waals surface area contributed by atoms with Gasteiger partial charge in [0.15, 0.2) is 23.1 Å². The van der Waals surface area contributed by atoms with Gasteiger partial charge >= 0.3 is 0 Å². The van der Waals surface area contributed by atoms with Crippen molar-refractivity contribution in [2.45, 2.75) is 37.8 Å². The first-order chi connectivity index (χ1) is 13.4. The second-order valence-electron chi connectivity index (χ2n) is 6.70. The highest BCUT2D eigenvalue weighted by Gasteiger charge is 2.36. The molecule has 1 aliphatic rings. The molecule has 0 aliphatic heterocycles. The lowest BCUT2D eigenvalue weighted by molar-refractivity contribution is 0.0892. The first-order valence-corrected chi connectivity index (χ1v) is 8.65. The van der Waals surface area contributed by atoms with Gasteiger partial charge in [0.2, 0.25) is 11.8 Å². The van der Waals surface area contributed by atoms with Crippen molar-refractivity contribution in [2.75, 3.05) is 0 Å². The average Bonchev–Trinajstić information content (AvgIpc) is 3.29. The number of hydrogen-bond acceptors (Lipinski definition) is 7. The Bertz CT molecular complexity index is 1010. The van der Waals surface area contributed by atoms with E-state index >= 15 is 0 Å². The van der Waals surface area contributed by atoms with Crippen LogP contribution >= 0.6 is 0 Å². The fraction of sp³-hybridized carbons (Fsp3) is 0.333. The number of nitrogens with one attached hydrogen (secondary N) is 1. The highest BCUT2D eigenvalue weighted by Crippen LogP contribution is 2.36. The van der Waals surface area contributed by atoms with Gasteiger partial charge < -0.3 is 19.4 Å². The van der Waals surface area contributed by atoms with Gasteiger partial charge in [-0.15, -0.1) is 10.2 Å². The Kier molecular flexibility index (Phi) is 4.63. The number of aromatic nitrogens is 3. The highest BCUT2D eigenvalue weighted by molar-refractivity contribution is 5.93. The Labute approximate surface area is 157 Å². The van der Waals surface area contributed by atoms with Crippen LogP contribution in [-0.2, 0) is 0 Å². The maximum Gasteiger partial charge on any atom is 0.273 e. The van der Waals surface area contributed by atoms with Gasteiger partial charge in [0.25, 0.3) is 5.91 Å². The quantitative estimate of drug-likeness (QED) is 0.688. The van der Waals surface area contributed by atoms with Gasteiger partial charge in [0.05, 0.1) is 0 Å². The lowest BCUT2D eigenvalue weighted by Crippen LogP contribution is -2.43. The van der Waals surface area contributed by atoms with E-state index < -0.39 is 23.6 Å². The van der Waals surface area contributed by atoms with Crippen LogP contribution in [0.15, 0.2) is 33.2 Å². The summed E-state index contributed by atoms with van der Waals surface area (Å²) in [7, 11) is 0. The molecule has 1 aliphatic carbocycles. The number of carbonyl (C=O) groups excluding carboxylic acids is 1. The normalized spacial score (nSPS) is 19.9. The number of amides is 1. The summed E-state index contributed by atoms with van der Waals surface area (Å²) in [6.45, 7) is 1.54. The summed E-state index contributed by atoms with van der Waals surface area (Å²) in [5, 5.41) is 23.6. The van der Waals surface area contributed by atoms with Crippen LogP contribution in [0.1, 0.15) is 54.1 Å². The molecule has 1 saturated carbocycles. The fourth-order valence-corrected chi connectivity index (χ4v) is 2.94. The summed E-state index contributed by atoms with van der Waals surface area (Å²) in [5.74, 6) is -1.65. The van der Waals surface area contributed by atoms with Crippen molar-refractivity contribution in [3.63, 3.8) is 0 Å². The number of rotatable bonds is 5. The van der Waals surface area contributed by atoms with E-state index in [1.807, 2.05) is 0 Å². The molecule has 3 aromatic rings. The molecule has 4 rings (SSSR count). The zero-order valence-electron chi connectivity index (χ0n) is 14.7. The lowest BCUT2D eigenvalue weighted by Gasteiger charge is -2.33. The van der Waals surface area contributed by atoms with Crippen LogP contribution in [0.5, 0.6) is 0 Å². The lowest BCUT2D eigenvalue weighted by atomic mass is 9.80. The fourth-order valence-electron chi connectivity index (χ4n) is 2.94. The highest BCUT2D eigenvalue weighted by atomic mass is 19.2. The number of halogens is 2. The molecule has 1 amide bonds. The molecule has 1 aromatic carbocycles. The van der Waals surface area contributed by atoms with Gasteiger partial charge in [-0.25, -0.2) is 8.78 Å². The minimum Gasteiger partial charge on any atom is -0.422 e. The molecule has 0 saturated heterocycles. The number of aliphatic hydroxyl groups excluding tert-OH is 1. The summed E-state index contributed by atoms with van der Waals surface area (Å²) in [5.41, 5.74) is 0.317. The number of aliphatic hydroxyl groups is 1. The van der Waals surface area contributed by atoms with Gasteiger partial charge in [-0.1, -0.05) is 5.16 Å². The SMILES string of the molecule is C[C@@H](O)c1nnc([C@H]2C[C@H](NC(=O)c3cc(-c4ccc(F)c(F)c4)on3)C2)o1. The first-order valence-electron chi connectivity index (χ1n) is 8.65. The van der Waals surface area contributed by atoms with Crippen LogP contribution in [0.2, 0.25) is 0 Å². The molecule has 0 unspecified atom stereocenters. The van der Waals surface area contributed by atoms with E-state index in [0.29, 0.717) is 18.7 Å². The summed E-state index contributed by atoms with van der Waals surface area (Å²) in [4.78, 5) is 12.3. The Hall–Kier alpha value is -3.14. The smallest absolute Gasteiger partial charge is 0.273 e. The Morgan fingerprint density at radius 1 is 1.25 bits per heavy atom. The van der Waals surface area contributed by atoms with E-state index in [2.05, 4.69) is 20.7 Å². The number of hydrogen-bond donors (Lipinski definition) is 2. The van der Waals surface area contributed by atoms with Crippen molar-refractivity contribution >= 4 is 5.91 Å². The van der Waals surface area contributed by atoms with E-state index in [9.17, 15) is 18.7 Å². The van der Waals surface area contributed by atoms with Crippen molar-refractivity contribution in [3.8, 4) is 11.3 Å². The predicted octanol–water partition coefficient (Wildman–Crippen LogP) is 2.73. The third kappa shape index (κ3) is 3.50. The van der Waals surface area contributed by atoms with Gasteiger partial charge in [0, 0.05) is 23.6 Å². The van der Waals surface area contributed by atoms with Crippen molar-refractivity contribution in [1.82, 2.24) is 20.7 Å². The minimum atomic E-state index is -1.01. The maximum atomic E-state index is 13.3. The largest absolute Gasteiger partial charge is 0.422 e. The molecule has 0 bridgehead atoms. The topological polar surface area (TPSA) is 114 Å². The van der Waals surface area contributed by atoms with Gasteiger partial charge in [-0.3, -0.25) is 4.79 Å². The summed E-state index contributed by atoms with van der Waals surface area (Å²) in [6.07, 6.45) is 0.398. The number of carbonyl (C=O) groups is 1.